The largest absolute Gasteiger partial charge is 0.357 e. The standard InChI is InChI=1S/C15H18ClFN4S/c1-3-18-15(21-9-14-19-7-10(2)22-14)20-8-11-4-5-13(17)12(16)6-11/h4-7H,3,8-9H2,1-2H3,(H2,18,20,21). The molecule has 0 spiro atoms. The number of nitrogens with one attached hydrogen (secondary N) is 2. The minimum atomic E-state index is -0.418. The highest BCUT2D eigenvalue weighted by Crippen LogP contribution is 2.16. The molecule has 2 N–H and O–H groups in total. The summed E-state index contributed by atoms with van der Waals surface area (Å²) in [6, 6.07) is 4.62. The first-order valence-electron chi connectivity index (χ1n) is 6.96. The number of aliphatic imine (C=N–C) groups is 1. The van der Waals surface area contributed by atoms with Crippen molar-refractivity contribution in [3.8, 4) is 0 Å². The summed E-state index contributed by atoms with van der Waals surface area (Å²) >= 11 is 7.42. The Kier molecular flexibility index (Phi) is 6.15. The van der Waals surface area contributed by atoms with Gasteiger partial charge in [0.2, 0.25) is 0 Å². The quantitative estimate of drug-likeness (QED) is 0.647. The number of benzene rings is 1. The van der Waals surface area contributed by atoms with Crippen molar-refractivity contribution < 1.29 is 4.39 Å². The second-order valence-corrected chi connectivity index (χ2v) is 6.39. The third kappa shape index (κ3) is 4.96. The number of halogens is 2. The summed E-state index contributed by atoms with van der Waals surface area (Å²) in [5, 5.41) is 7.51. The summed E-state index contributed by atoms with van der Waals surface area (Å²) in [5.41, 5.74) is 0.855. The average molecular weight is 341 g/mol. The van der Waals surface area contributed by atoms with Gasteiger partial charge in [-0.05, 0) is 31.5 Å². The van der Waals surface area contributed by atoms with Gasteiger partial charge in [-0.1, -0.05) is 17.7 Å². The number of nitrogens with zero attached hydrogens (tertiary/aromatic N) is 2. The van der Waals surface area contributed by atoms with Crippen LogP contribution in [0, 0.1) is 12.7 Å². The van der Waals surface area contributed by atoms with Crippen molar-refractivity contribution in [2.24, 2.45) is 4.99 Å². The van der Waals surface area contributed by atoms with E-state index in [0.717, 1.165) is 17.1 Å². The van der Waals surface area contributed by atoms with Crippen LogP contribution in [0.25, 0.3) is 0 Å². The van der Waals surface area contributed by atoms with E-state index in [1.165, 1.54) is 10.9 Å². The smallest absolute Gasteiger partial charge is 0.191 e. The Morgan fingerprint density at radius 3 is 2.86 bits per heavy atom. The first kappa shape index (κ1) is 16.7. The van der Waals surface area contributed by atoms with Crippen LogP contribution in [0.5, 0.6) is 0 Å². The lowest BCUT2D eigenvalue weighted by Gasteiger charge is -2.10. The fraction of sp³-hybridized carbons (Fsp3) is 0.333. The SMILES string of the molecule is CCNC(=NCc1ccc(F)c(Cl)c1)NCc1ncc(C)s1. The highest BCUT2D eigenvalue weighted by atomic mass is 35.5. The van der Waals surface area contributed by atoms with E-state index in [2.05, 4.69) is 20.6 Å². The summed E-state index contributed by atoms with van der Waals surface area (Å²) in [6.45, 7) is 5.83. The first-order valence-corrected chi connectivity index (χ1v) is 8.15. The van der Waals surface area contributed by atoms with Gasteiger partial charge in [0, 0.05) is 17.6 Å². The Morgan fingerprint density at radius 2 is 2.23 bits per heavy atom. The monoisotopic (exact) mass is 340 g/mol. The number of hydrogen-bond donors (Lipinski definition) is 2. The molecule has 2 aromatic rings. The van der Waals surface area contributed by atoms with Crippen LogP contribution in [-0.2, 0) is 13.1 Å². The Balaban J connectivity index is 1.98. The lowest BCUT2D eigenvalue weighted by molar-refractivity contribution is 0.627. The van der Waals surface area contributed by atoms with E-state index in [1.54, 1.807) is 23.5 Å². The van der Waals surface area contributed by atoms with Crippen molar-refractivity contribution in [3.05, 3.63) is 50.7 Å². The molecule has 0 saturated heterocycles. The molecule has 0 atom stereocenters. The van der Waals surface area contributed by atoms with Gasteiger partial charge in [0.05, 0.1) is 18.1 Å². The molecule has 0 unspecified atom stereocenters. The maximum absolute atomic E-state index is 13.1. The van der Waals surface area contributed by atoms with E-state index in [1.807, 2.05) is 20.0 Å². The molecule has 0 bridgehead atoms. The number of hydrogen-bond acceptors (Lipinski definition) is 3. The molecule has 7 heteroatoms. The summed E-state index contributed by atoms with van der Waals surface area (Å²) in [4.78, 5) is 9.95. The molecular formula is C15H18ClFN4S. The number of guanidine groups is 1. The maximum Gasteiger partial charge on any atom is 0.191 e. The van der Waals surface area contributed by atoms with Gasteiger partial charge in [-0.25, -0.2) is 14.4 Å². The maximum atomic E-state index is 13.1. The third-order valence-corrected chi connectivity index (χ3v) is 4.03. The van der Waals surface area contributed by atoms with Gasteiger partial charge in [-0.15, -0.1) is 11.3 Å². The summed E-state index contributed by atoms with van der Waals surface area (Å²) in [7, 11) is 0. The Morgan fingerprint density at radius 1 is 1.41 bits per heavy atom. The molecule has 1 aromatic heterocycles. The van der Waals surface area contributed by atoms with E-state index in [-0.39, 0.29) is 5.02 Å². The van der Waals surface area contributed by atoms with Crippen LogP contribution in [0.3, 0.4) is 0 Å². The summed E-state index contributed by atoms with van der Waals surface area (Å²) in [5.74, 6) is 0.273. The summed E-state index contributed by atoms with van der Waals surface area (Å²) < 4.78 is 13.1. The molecule has 0 aliphatic rings. The second-order valence-electron chi connectivity index (χ2n) is 4.66. The van der Waals surface area contributed by atoms with Gasteiger partial charge >= 0.3 is 0 Å². The minimum absolute atomic E-state index is 0.115. The molecular weight excluding hydrogens is 323 g/mol. The number of aryl methyl sites for hydroxylation is 1. The Bertz CT molecular complexity index is 657. The van der Waals surface area contributed by atoms with Crippen LogP contribution >= 0.6 is 22.9 Å². The van der Waals surface area contributed by atoms with Crippen LogP contribution < -0.4 is 10.6 Å². The predicted molar refractivity (Wildman–Crippen MR) is 89.9 cm³/mol. The zero-order chi connectivity index (χ0) is 15.9. The molecule has 0 fully saturated rings. The van der Waals surface area contributed by atoms with Crippen molar-refractivity contribution in [2.45, 2.75) is 26.9 Å². The lowest BCUT2D eigenvalue weighted by atomic mass is 10.2. The highest BCUT2D eigenvalue weighted by molar-refractivity contribution is 7.11. The molecule has 2 rings (SSSR count). The molecule has 4 nitrogen and oxygen atoms in total. The van der Waals surface area contributed by atoms with E-state index >= 15 is 0 Å². The van der Waals surface area contributed by atoms with Gasteiger partial charge in [-0.3, -0.25) is 0 Å². The fourth-order valence-electron chi connectivity index (χ4n) is 1.79. The van der Waals surface area contributed by atoms with Crippen molar-refractivity contribution in [1.82, 2.24) is 15.6 Å². The van der Waals surface area contributed by atoms with Crippen molar-refractivity contribution in [1.29, 1.82) is 0 Å². The average Bonchev–Trinajstić information content (AvgIpc) is 2.91. The molecule has 0 radical (unpaired) electrons. The van der Waals surface area contributed by atoms with Crippen LogP contribution in [0.1, 0.15) is 22.4 Å². The van der Waals surface area contributed by atoms with Gasteiger partial charge in [-0.2, -0.15) is 0 Å². The normalized spacial score (nSPS) is 11.5. The van der Waals surface area contributed by atoms with Crippen molar-refractivity contribution >= 4 is 28.9 Å². The Hall–Kier alpha value is -1.66. The van der Waals surface area contributed by atoms with Crippen LogP contribution in [-0.4, -0.2) is 17.5 Å². The van der Waals surface area contributed by atoms with E-state index in [9.17, 15) is 4.39 Å². The molecule has 0 saturated carbocycles. The van der Waals surface area contributed by atoms with E-state index < -0.39 is 5.82 Å². The third-order valence-electron chi connectivity index (χ3n) is 2.82. The molecule has 1 heterocycles. The first-order chi connectivity index (χ1) is 10.6. The topological polar surface area (TPSA) is 49.3 Å². The van der Waals surface area contributed by atoms with Gasteiger partial charge in [0.15, 0.2) is 5.96 Å². The second kappa shape index (κ2) is 8.10. The zero-order valence-electron chi connectivity index (χ0n) is 12.5. The lowest BCUT2D eigenvalue weighted by Crippen LogP contribution is -2.36. The van der Waals surface area contributed by atoms with Crippen molar-refractivity contribution in [2.75, 3.05) is 6.54 Å². The highest BCUT2D eigenvalue weighted by Gasteiger charge is 2.03. The Labute approximate surface area is 138 Å². The zero-order valence-corrected chi connectivity index (χ0v) is 14.1. The van der Waals surface area contributed by atoms with Crippen LogP contribution in [0.4, 0.5) is 4.39 Å². The molecule has 0 amide bonds. The molecule has 118 valence electrons. The van der Waals surface area contributed by atoms with E-state index in [0.29, 0.717) is 19.0 Å². The number of rotatable bonds is 5. The predicted octanol–water partition coefficient (Wildman–Crippen LogP) is 3.50. The fourth-order valence-corrected chi connectivity index (χ4v) is 2.72. The molecule has 0 aliphatic carbocycles. The van der Waals surface area contributed by atoms with Crippen LogP contribution in [0.15, 0.2) is 29.4 Å². The van der Waals surface area contributed by atoms with E-state index in [4.69, 9.17) is 11.6 Å². The molecule has 22 heavy (non-hydrogen) atoms. The number of thiazole rings is 1. The molecule has 0 aliphatic heterocycles. The minimum Gasteiger partial charge on any atom is -0.357 e. The number of aromatic nitrogens is 1. The van der Waals surface area contributed by atoms with Crippen LogP contribution in [0.2, 0.25) is 5.02 Å². The molecule has 1 aromatic carbocycles. The van der Waals surface area contributed by atoms with Crippen molar-refractivity contribution in [3.63, 3.8) is 0 Å². The van der Waals surface area contributed by atoms with Gasteiger partial charge in [0.25, 0.3) is 0 Å². The summed E-state index contributed by atoms with van der Waals surface area (Å²) in [6.07, 6.45) is 1.85. The van der Waals surface area contributed by atoms with Gasteiger partial charge < -0.3 is 10.6 Å². The van der Waals surface area contributed by atoms with Gasteiger partial charge in [0.1, 0.15) is 10.8 Å².